The van der Waals surface area contributed by atoms with Crippen LogP contribution in [-0.2, 0) is 17.8 Å². The highest BCUT2D eigenvalue weighted by molar-refractivity contribution is 5.94. The Morgan fingerprint density at radius 3 is 2.75 bits per heavy atom. The summed E-state index contributed by atoms with van der Waals surface area (Å²) in [5.74, 6) is 0.702. The molecule has 3 rings (SSSR count). The summed E-state index contributed by atoms with van der Waals surface area (Å²) in [5.41, 5.74) is 3.01. The summed E-state index contributed by atoms with van der Waals surface area (Å²) in [6.07, 6.45) is 5.44. The Labute approximate surface area is 140 Å². The van der Waals surface area contributed by atoms with E-state index >= 15 is 0 Å². The number of carbonyl (C=O) groups is 2. The van der Waals surface area contributed by atoms with Crippen molar-refractivity contribution in [3.8, 4) is 11.4 Å². The van der Waals surface area contributed by atoms with Gasteiger partial charge in [-0.2, -0.15) is 0 Å². The fourth-order valence-corrected chi connectivity index (χ4v) is 2.82. The molecule has 7 heteroatoms. The second-order valence-corrected chi connectivity index (χ2v) is 5.74. The third-order valence-electron chi connectivity index (χ3n) is 4.07. The first-order valence-electron chi connectivity index (χ1n) is 8.07. The van der Waals surface area contributed by atoms with Gasteiger partial charge in [-0.1, -0.05) is 0 Å². The first kappa shape index (κ1) is 16.0. The number of imidazole rings is 1. The predicted molar refractivity (Wildman–Crippen MR) is 91.7 cm³/mol. The van der Waals surface area contributed by atoms with Crippen LogP contribution in [0, 0.1) is 0 Å². The van der Waals surface area contributed by atoms with E-state index in [1.807, 2.05) is 30.5 Å². The van der Waals surface area contributed by atoms with E-state index < -0.39 is 0 Å². The molecule has 0 bridgehead atoms. The number of hydrogen-bond acceptors (Lipinski definition) is 3. The maximum Gasteiger partial charge on any atom is 0.314 e. The van der Waals surface area contributed by atoms with E-state index in [0.717, 1.165) is 24.4 Å². The number of aryl methyl sites for hydroxylation is 1. The Kier molecular flexibility index (Phi) is 4.79. The molecular formula is C17H21N5O2. The van der Waals surface area contributed by atoms with Crippen LogP contribution in [0.1, 0.15) is 18.5 Å². The van der Waals surface area contributed by atoms with Crippen LogP contribution in [0.15, 0.2) is 30.5 Å². The molecule has 0 saturated carbocycles. The Morgan fingerprint density at radius 1 is 1.21 bits per heavy atom. The highest BCUT2D eigenvalue weighted by Gasteiger charge is 2.15. The Balaban J connectivity index is 1.64. The van der Waals surface area contributed by atoms with Crippen LogP contribution >= 0.6 is 0 Å². The molecular weight excluding hydrogens is 306 g/mol. The quantitative estimate of drug-likeness (QED) is 0.799. The monoisotopic (exact) mass is 327 g/mol. The summed E-state index contributed by atoms with van der Waals surface area (Å²) < 4.78 is 2.27. The number of fused-ring (bicyclic) bond motifs is 1. The minimum atomic E-state index is -0.385. The number of rotatable bonds is 4. The minimum absolute atomic E-state index is 0.0742. The fraction of sp³-hybridized carbons (Fsp3) is 0.353. The highest BCUT2D eigenvalue weighted by Crippen LogP contribution is 2.25. The lowest BCUT2D eigenvalue weighted by molar-refractivity contribution is -0.115. The van der Waals surface area contributed by atoms with Crippen LogP contribution < -0.4 is 16.0 Å². The van der Waals surface area contributed by atoms with Crippen molar-refractivity contribution in [1.82, 2.24) is 20.2 Å². The summed E-state index contributed by atoms with van der Waals surface area (Å²) in [4.78, 5) is 27.4. The summed E-state index contributed by atoms with van der Waals surface area (Å²) in [7, 11) is 1.50. The van der Waals surface area contributed by atoms with Crippen LogP contribution in [0.3, 0.4) is 0 Å². The SMILES string of the molecule is CNC(=O)NCC(=O)Nc1ccc(-c2ncc3n2CCCC3)cc1. The minimum Gasteiger partial charge on any atom is -0.341 e. The van der Waals surface area contributed by atoms with Crippen molar-refractivity contribution in [2.45, 2.75) is 25.8 Å². The number of benzene rings is 1. The van der Waals surface area contributed by atoms with E-state index in [1.54, 1.807) is 0 Å². The zero-order chi connectivity index (χ0) is 16.9. The van der Waals surface area contributed by atoms with Gasteiger partial charge in [0.05, 0.1) is 6.54 Å². The van der Waals surface area contributed by atoms with Gasteiger partial charge in [0.25, 0.3) is 0 Å². The molecule has 0 aliphatic carbocycles. The number of nitrogens with one attached hydrogen (secondary N) is 3. The molecule has 0 spiro atoms. The van der Waals surface area contributed by atoms with Crippen molar-refractivity contribution in [2.75, 3.05) is 18.9 Å². The summed E-state index contributed by atoms with van der Waals surface area (Å²) >= 11 is 0. The molecule has 3 N–H and O–H groups in total. The summed E-state index contributed by atoms with van der Waals surface area (Å²) in [6, 6.07) is 7.21. The molecule has 2 heterocycles. The highest BCUT2D eigenvalue weighted by atomic mass is 16.2. The van der Waals surface area contributed by atoms with Gasteiger partial charge in [0.1, 0.15) is 5.82 Å². The average molecular weight is 327 g/mol. The molecule has 1 aliphatic heterocycles. The van der Waals surface area contributed by atoms with Gasteiger partial charge in [-0.3, -0.25) is 4.79 Å². The first-order chi connectivity index (χ1) is 11.7. The molecule has 24 heavy (non-hydrogen) atoms. The van der Waals surface area contributed by atoms with Gasteiger partial charge in [-0.25, -0.2) is 9.78 Å². The van der Waals surface area contributed by atoms with E-state index in [1.165, 1.54) is 25.6 Å². The van der Waals surface area contributed by atoms with Crippen molar-refractivity contribution < 1.29 is 9.59 Å². The number of aromatic nitrogens is 2. The van der Waals surface area contributed by atoms with Gasteiger partial charge in [0.15, 0.2) is 0 Å². The van der Waals surface area contributed by atoms with Gasteiger partial charge in [0.2, 0.25) is 5.91 Å². The van der Waals surface area contributed by atoms with Gasteiger partial charge in [-0.05, 0) is 43.5 Å². The molecule has 7 nitrogen and oxygen atoms in total. The maximum atomic E-state index is 11.8. The molecule has 0 atom stereocenters. The molecule has 0 saturated heterocycles. The Morgan fingerprint density at radius 2 is 2.00 bits per heavy atom. The smallest absolute Gasteiger partial charge is 0.314 e. The zero-order valence-electron chi connectivity index (χ0n) is 13.6. The lowest BCUT2D eigenvalue weighted by atomic mass is 10.1. The number of amides is 3. The largest absolute Gasteiger partial charge is 0.341 e. The van der Waals surface area contributed by atoms with Crippen molar-refractivity contribution in [2.24, 2.45) is 0 Å². The van der Waals surface area contributed by atoms with Crippen LogP contribution in [0.4, 0.5) is 10.5 Å². The first-order valence-corrected chi connectivity index (χ1v) is 8.07. The van der Waals surface area contributed by atoms with E-state index in [9.17, 15) is 9.59 Å². The number of nitrogens with zero attached hydrogens (tertiary/aromatic N) is 2. The van der Waals surface area contributed by atoms with Crippen molar-refractivity contribution in [3.63, 3.8) is 0 Å². The van der Waals surface area contributed by atoms with Crippen molar-refractivity contribution in [1.29, 1.82) is 0 Å². The molecule has 0 radical (unpaired) electrons. The third-order valence-corrected chi connectivity index (χ3v) is 4.07. The number of anilines is 1. The molecule has 1 aliphatic rings. The van der Waals surface area contributed by atoms with E-state index in [4.69, 9.17) is 0 Å². The van der Waals surface area contributed by atoms with E-state index in [2.05, 4.69) is 25.5 Å². The molecule has 126 valence electrons. The molecule has 1 aromatic carbocycles. The lowest BCUT2D eigenvalue weighted by Gasteiger charge is -2.16. The van der Waals surface area contributed by atoms with E-state index in [0.29, 0.717) is 5.69 Å². The van der Waals surface area contributed by atoms with Crippen LogP contribution in [0.5, 0.6) is 0 Å². The topological polar surface area (TPSA) is 88.1 Å². The fourth-order valence-electron chi connectivity index (χ4n) is 2.82. The van der Waals surface area contributed by atoms with Gasteiger partial charge < -0.3 is 20.5 Å². The van der Waals surface area contributed by atoms with Crippen molar-refractivity contribution in [3.05, 3.63) is 36.2 Å². The predicted octanol–water partition coefficient (Wildman–Crippen LogP) is 1.75. The lowest BCUT2D eigenvalue weighted by Crippen LogP contribution is -2.38. The van der Waals surface area contributed by atoms with Crippen LogP contribution in [-0.4, -0.2) is 35.1 Å². The standard InChI is InChI=1S/C17H21N5O2/c1-18-17(24)20-11-15(23)21-13-7-5-12(6-8-13)16-19-10-14-4-2-3-9-22(14)16/h5-8,10H,2-4,9,11H2,1H3,(H,21,23)(H2,18,20,24). The summed E-state index contributed by atoms with van der Waals surface area (Å²) in [5, 5.41) is 7.59. The van der Waals surface area contributed by atoms with Crippen LogP contribution in [0.25, 0.3) is 11.4 Å². The third kappa shape index (κ3) is 3.56. The Hall–Kier alpha value is -2.83. The Bertz CT molecular complexity index is 736. The van der Waals surface area contributed by atoms with Crippen molar-refractivity contribution >= 4 is 17.6 Å². The molecule has 0 fully saturated rings. The van der Waals surface area contributed by atoms with Gasteiger partial charge >= 0.3 is 6.03 Å². The second kappa shape index (κ2) is 7.16. The van der Waals surface area contributed by atoms with Crippen LogP contribution in [0.2, 0.25) is 0 Å². The number of carbonyl (C=O) groups excluding carboxylic acids is 2. The molecule has 2 aromatic rings. The van der Waals surface area contributed by atoms with E-state index in [-0.39, 0.29) is 18.5 Å². The zero-order valence-corrected chi connectivity index (χ0v) is 13.6. The number of urea groups is 1. The normalized spacial score (nSPS) is 13.0. The molecule has 1 aromatic heterocycles. The summed E-state index contributed by atoms with van der Waals surface area (Å²) in [6.45, 7) is 0.934. The average Bonchev–Trinajstić information content (AvgIpc) is 3.04. The number of hydrogen-bond donors (Lipinski definition) is 3. The maximum absolute atomic E-state index is 11.8. The molecule has 3 amide bonds. The van der Waals surface area contributed by atoms with Gasteiger partial charge in [0, 0.05) is 36.7 Å². The van der Waals surface area contributed by atoms with Gasteiger partial charge in [-0.15, -0.1) is 0 Å². The second-order valence-electron chi connectivity index (χ2n) is 5.74. The molecule has 0 unspecified atom stereocenters.